The standard InChI is InChI=1S/C11H16BrClN2/c1-4-10(8(3)13)15-11-9(12)5-7(2)6-14-11/h5-6,8,10H,4H2,1-3H3,(H,14,15). The Hall–Kier alpha value is -0.280. The van der Waals surface area contributed by atoms with Crippen molar-refractivity contribution >= 4 is 33.3 Å². The summed E-state index contributed by atoms with van der Waals surface area (Å²) in [5.41, 5.74) is 1.14. The highest BCUT2D eigenvalue weighted by Gasteiger charge is 2.14. The molecule has 15 heavy (non-hydrogen) atoms. The van der Waals surface area contributed by atoms with E-state index in [0.29, 0.717) is 0 Å². The molecular weight excluding hydrogens is 275 g/mol. The third-order valence-corrected chi connectivity index (χ3v) is 3.20. The van der Waals surface area contributed by atoms with Crippen LogP contribution in [-0.4, -0.2) is 16.4 Å². The molecule has 0 aliphatic carbocycles. The molecule has 1 aromatic rings. The lowest BCUT2D eigenvalue weighted by Gasteiger charge is -2.20. The van der Waals surface area contributed by atoms with Crippen molar-refractivity contribution in [2.45, 2.75) is 38.6 Å². The average Bonchev–Trinajstić information content (AvgIpc) is 2.16. The second-order valence-corrected chi connectivity index (χ2v) is 5.22. The minimum absolute atomic E-state index is 0.0880. The number of alkyl halides is 1. The first-order valence-corrected chi connectivity index (χ1v) is 6.30. The largest absolute Gasteiger partial charge is 0.365 e. The van der Waals surface area contributed by atoms with Crippen LogP contribution in [0.5, 0.6) is 0 Å². The molecule has 0 saturated heterocycles. The Morgan fingerprint density at radius 3 is 2.73 bits per heavy atom. The zero-order chi connectivity index (χ0) is 11.4. The smallest absolute Gasteiger partial charge is 0.140 e. The van der Waals surface area contributed by atoms with Crippen LogP contribution in [0.4, 0.5) is 5.82 Å². The first-order chi connectivity index (χ1) is 7.04. The van der Waals surface area contributed by atoms with Gasteiger partial charge in [-0.05, 0) is 47.8 Å². The highest BCUT2D eigenvalue weighted by atomic mass is 79.9. The summed E-state index contributed by atoms with van der Waals surface area (Å²) in [6.07, 6.45) is 2.82. The van der Waals surface area contributed by atoms with Gasteiger partial charge in [-0.25, -0.2) is 4.98 Å². The van der Waals surface area contributed by atoms with Gasteiger partial charge in [0.1, 0.15) is 5.82 Å². The van der Waals surface area contributed by atoms with Crippen LogP contribution in [0.1, 0.15) is 25.8 Å². The van der Waals surface area contributed by atoms with E-state index in [-0.39, 0.29) is 11.4 Å². The number of nitrogens with one attached hydrogen (secondary N) is 1. The fourth-order valence-electron chi connectivity index (χ4n) is 1.36. The number of hydrogen-bond acceptors (Lipinski definition) is 2. The van der Waals surface area contributed by atoms with Crippen molar-refractivity contribution < 1.29 is 0 Å². The van der Waals surface area contributed by atoms with Gasteiger partial charge in [0.2, 0.25) is 0 Å². The maximum Gasteiger partial charge on any atom is 0.140 e. The Morgan fingerprint density at radius 1 is 1.60 bits per heavy atom. The summed E-state index contributed by atoms with van der Waals surface area (Å²) >= 11 is 9.56. The maximum absolute atomic E-state index is 6.07. The predicted molar refractivity (Wildman–Crippen MR) is 69.7 cm³/mol. The van der Waals surface area contributed by atoms with E-state index in [2.05, 4.69) is 33.2 Å². The Balaban J connectivity index is 2.79. The highest BCUT2D eigenvalue weighted by molar-refractivity contribution is 9.10. The van der Waals surface area contributed by atoms with Crippen LogP contribution in [0.3, 0.4) is 0 Å². The third-order valence-electron chi connectivity index (χ3n) is 2.29. The van der Waals surface area contributed by atoms with Crippen molar-refractivity contribution in [3.8, 4) is 0 Å². The first-order valence-electron chi connectivity index (χ1n) is 5.07. The summed E-state index contributed by atoms with van der Waals surface area (Å²) in [6, 6.07) is 2.29. The lowest BCUT2D eigenvalue weighted by Crippen LogP contribution is -2.27. The van der Waals surface area contributed by atoms with Gasteiger partial charge < -0.3 is 5.32 Å². The minimum Gasteiger partial charge on any atom is -0.365 e. The zero-order valence-electron chi connectivity index (χ0n) is 9.22. The number of halogens is 2. The van der Waals surface area contributed by atoms with Gasteiger partial charge in [0.15, 0.2) is 0 Å². The number of pyridine rings is 1. The van der Waals surface area contributed by atoms with Crippen LogP contribution in [0, 0.1) is 6.92 Å². The second kappa shape index (κ2) is 5.71. The Kier molecular flexibility index (Phi) is 4.87. The molecule has 0 aliphatic heterocycles. The molecule has 0 aromatic carbocycles. The van der Waals surface area contributed by atoms with Gasteiger partial charge in [-0.3, -0.25) is 0 Å². The number of nitrogens with zero attached hydrogens (tertiary/aromatic N) is 1. The Bertz CT molecular complexity index is 328. The Morgan fingerprint density at radius 2 is 2.27 bits per heavy atom. The Labute approximate surface area is 105 Å². The van der Waals surface area contributed by atoms with Crippen LogP contribution in [-0.2, 0) is 0 Å². The number of hydrogen-bond donors (Lipinski definition) is 1. The van der Waals surface area contributed by atoms with Gasteiger partial charge in [-0.2, -0.15) is 0 Å². The molecule has 0 saturated carbocycles. The van der Waals surface area contributed by atoms with E-state index in [9.17, 15) is 0 Å². The van der Waals surface area contributed by atoms with Gasteiger partial charge in [-0.1, -0.05) is 6.92 Å². The molecule has 0 bridgehead atoms. The second-order valence-electron chi connectivity index (χ2n) is 3.68. The molecule has 84 valence electrons. The van der Waals surface area contributed by atoms with Gasteiger partial charge in [0.05, 0.1) is 9.85 Å². The summed E-state index contributed by atoms with van der Waals surface area (Å²) in [6.45, 7) is 6.12. The molecule has 1 rings (SSSR count). The van der Waals surface area contributed by atoms with E-state index in [1.807, 2.05) is 26.1 Å². The number of aryl methyl sites for hydroxylation is 1. The quantitative estimate of drug-likeness (QED) is 0.849. The van der Waals surface area contributed by atoms with Crippen molar-refractivity contribution in [3.05, 3.63) is 22.3 Å². The van der Waals surface area contributed by atoms with Crippen LogP contribution in [0.15, 0.2) is 16.7 Å². The molecule has 2 unspecified atom stereocenters. The fourth-order valence-corrected chi connectivity index (χ4v) is 2.18. The fraction of sp³-hybridized carbons (Fsp3) is 0.545. The van der Waals surface area contributed by atoms with Gasteiger partial charge in [0.25, 0.3) is 0 Å². The SMILES string of the molecule is CCC(Nc1ncc(C)cc1Br)C(C)Cl. The number of anilines is 1. The van der Waals surface area contributed by atoms with Crippen LogP contribution < -0.4 is 5.32 Å². The molecule has 0 fully saturated rings. The number of aromatic nitrogens is 1. The van der Waals surface area contributed by atoms with Crippen LogP contribution in [0.25, 0.3) is 0 Å². The summed E-state index contributed by atoms with van der Waals surface area (Å²) in [7, 11) is 0. The van der Waals surface area contributed by atoms with Crippen LogP contribution >= 0.6 is 27.5 Å². The van der Waals surface area contributed by atoms with E-state index in [4.69, 9.17) is 11.6 Å². The van der Waals surface area contributed by atoms with Gasteiger partial charge >= 0.3 is 0 Å². The van der Waals surface area contributed by atoms with Crippen molar-refractivity contribution in [2.24, 2.45) is 0 Å². The summed E-state index contributed by atoms with van der Waals surface area (Å²) < 4.78 is 0.985. The molecule has 2 nitrogen and oxygen atoms in total. The van der Waals surface area contributed by atoms with Crippen molar-refractivity contribution in [3.63, 3.8) is 0 Å². The topological polar surface area (TPSA) is 24.9 Å². The summed E-state index contributed by atoms with van der Waals surface area (Å²) in [5, 5.41) is 3.42. The molecule has 0 spiro atoms. The third kappa shape index (κ3) is 3.65. The minimum atomic E-state index is 0.0880. The van der Waals surface area contributed by atoms with Gasteiger partial charge in [0, 0.05) is 12.2 Å². The van der Waals surface area contributed by atoms with Crippen molar-refractivity contribution in [1.82, 2.24) is 4.98 Å². The normalized spacial score (nSPS) is 14.7. The van der Waals surface area contributed by atoms with E-state index in [1.165, 1.54) is 0 Å². The molecule has 0 aliphatic rings. The van der Waals surface area contributed by atoms with E-state index < -0.39 is 0 Å². The summed E-state index contributed by atoms with van der Waals surface area (Å²) in [5.74, 6) is 0.861. The molecule has 4 heteroatoms. The van der Waals surface area contributed by atoms with Crippen molar-refractivity contribution in [2.75, 3.05) is 5.32 Å². The maximum atomic E-state index is 6.07. The molecule has 1 heterocycles. The monoisotopic (exact) mass is 290 g/mol. The van der Waals surface area contributed by atoms with Crippen molar-refractivity contribution in [1.29, 1.82) is 0 Å². The highest BCUT2D eigenvalue weighted by Crippen LogP contribution is 2.23. The summed E-state index contributed by atoms with van der Waals surface area (Å²) in [4.78, 5) is 4.33. The lowest BCUT2D eigenvalue weighted by atomic mass is 10.1. The molecular formula is C11H16BrClN2. The molecule has 0 radical (unpaired) electrons. The van der Waals surface area contributed by atoms with E-state index >= 15 is 0 Å². The molecule has 1 aromatic heterocycles. The lowest BCUT2D eigenvalue weighted by molar-refractivity contribution is 0.675. The zero-order valence-corrected chi connectivity index (χ0v) is 11.6. The van der Waals surface area contributed by atoms with Gasteiger partial charge in [-0.15, -0.1) is 11.6 Å². The number of rotatable bonds is 4. The first kappa shape index (κ1) is 12.8. The molecule has 0 amide bonds. The predicted octanol–water partition coefficient (Wildman–Crippen LogP) is 3.97. The molecule has 1 N–H and O–H groups in total. The average molecular weight is 292 g/mol. The van der Waals surface area contributed by atoms with E-state index in [1.54, 1.807) is 0 Å². The van der Waals surface area contributed by atoms with E-state index in [0.717, 1.165) is 22.3 Å². The molecule has 2 atom stereocenters. The van der Waals surface area contributed by atoms with Crippen LogP contribution in [0.2, 0.25) is 0 Å².